The summed E-state index contributed by atoms with van der Waals surface area (Å²) in [7, 11) is 1.43. The monoisotopic (exact) mass is 411 g/mol. The molecule has 10 nitrogen and oxygen atoms in total. The minimum Gasteiger partial charge on any atom is -0.496 e. The Kier molecular flexibility index (Phi) is 6.35. The summed E-state index contributed by atoms with van der Waals surface area (Å²) >= 11 is 0. The summed E-state index contributed by atoms with van der Waals surface area (Å²) in [5, 5.41) is 6.28. The molecule has 156 valence electrons. The van der Waals surface area contributed by atoms with Gasteiger partial charge in [0.2, 0.25) is 0 Å². The fourth-order valence-electron chi connectivity index (χ4n) is 3.02. The molecule has 0 unspecified atom stereocenters. The highest BCUT2D eigenvalue weighted by Crippen LogP contribution is 2.17. The van der Waals surface area contributed by atoms with Crippen molar-refractivity contribution in [3.63, 3.8) is 0 Å². The summed E-state index contributed by atoms with van der Waals surface area (Å²) in [4.78, 5) is 44.6. The zero-order chi connectivity index (χ0) is 21.7. The minimum absolute atomic E-state index is 0.0529. The van der Waals surface area contributed by atoms with E-state index in [1.165, 1.54) is 19.5 Å². The van der Waals surface area contributed by atoms with Gasteiger partial charge in [0.15, 0.2) is 6.61 Å². The van der Waals surface area contributed by atoms with Crippen LogP contribution in [-0.4, -0.2) is 51.1 Å². The van der Waals surface area contributed by atoms with Crippen LogP contribution in [0.15, 0.2) is 30.6 Å². The summed E-state index contributed by atoms with van der Waals surface area (Å²) in [5.74, 6) is -1.09. The highest BCUT2D eigenvalue weighted by Gasteiger charge is 2.17. The Hall–Kier alpha value is -3.82. The molecule has 10 heteroatoms. The average molecular weight is 411 g/mol. The van der Waals surface area contributed by atoms with Crippen LogP contribution in [-0.2, 0) is 20.7 Å². The first-order chi connectivity index (χ1) is 14.4. The number of esters is 1. The van der Waals surface area contributed by atoms with E-state index < -0.39 is 24.4 Å². The number of fused-ring (bicyclic) bond motifs is 1. The van der Waals surface area contributed by atoms with Crippen LogP contribution in [0.2, 0.25) is 0 Å². The van der Waals surface area contributed by atoms with E-state index in [0.717, 1.165) is 17.0 Å². The lowest BCUT2D eigenvalue weighted by Gasteiger charge is -2.10. The summed E-state index contributed by atoms with van der Waals surface area (Å²) in [6.07, 6.45) is 1.84. The SMILES string of the molecule is COc1ccccc1C(=O)NC(=O)COC(=O)CCc1c(C)nc2ncnn2c1C. The molecule has 30 heavy (non-hydrogen) atoms. The van der Waals surface area contributed by atoms with Gasteiger partial charge in [-0.1, -0.05) is 12.1 Å². The number of hydrogen-bond acceptors (Lipinski definition) is 8. The summed E-state index contributed by atoms with van der Waals surface area (Å²) < 4.78 is 11.7. The Bertz CT molecular complexity index is 1110. The Morgan fingerprint density at radius 1 is 1.17 bits per heavy atom. The molecule has 2 aromatic heterocycles. The quantitative estimate of drug-likeness (QED) is 0.575. The van der Waals surface area contributed by atoms with Gasteiger partial charge < -0.3 is 9.47 Å². The van der Waals surface area contributed by atoms with E-state index in [2.05, 4.69) is 20.4 Å². The van der Waals surface area contributed by atoms with Crippen molar-refractivity contribution in [3.8, 4) is 5.75 Å². The van der Waals surface area contributed by atoms with Gasteiger partial charge in [0.1, 0.15) is 12.1 Å². The molecule has 0 bridgehead atoms. The second-order valence-electron chi connectivity index (χ2n) is 6.47. The van der Waals surface area contributed by atoms with Crippen molar-refractivity contribution in [2.45, 2.75) is 26.7 Å². The van der Waals surface area contributed by atoms with Crippen LogP contribution in [0.25, 0.3) is 5.78 Å². The van der Waals surface area contributed by atoms with Gasteiger partial charge in [-0.25, -0.2) is 9.50 Å². The highest BCUT2D eigenvalue weighted by atomic mass is 16.5. The van der Waals surface area contributed by atoms with Gasteiger partial charge in [-0.05, 0) is 38.0 Å². The molecular formula is C20H21N5O5. The third-order valence-electron chi connectivity index (χ3n) is 4.54. The molecule has 3 aromatic rings. The van der Waals surface area contributed by atoms with Crippen molar-refractivity contribution < 1.29 is 23.9 Å². The van der Waals surface area contributed by atoms with Crippen LogP contribution in [0.4, 0.5) is 0 Å². The van der Waals surface area contributed by atoms with E-state index in [1.54, 1.807) is 22.7 Å². The Labute approximate surface area is 172 Å². The lowest BCUT2D eigenvalue weighted by atomic mass is 10.1. The molecule has 0 aliphatic rings. The first-order valence-electron chi connectivity index (χ1n) is 9.19. The van der Waals surface area contributed by atoms with Gasteiger partial charge in [0.25, 0.3) is 17.6 Å². The molecule has 0 spiro atoms. The van der Waals surface area contributed by atoms with Crippen molar-refractivity contribution in [1.82, 2.24) is 24.9 Å². The molecule has 0 aliphatic carbocycles. The fraction of sp³-hybridized carbons (Fsp3) is 0.300. The van der Waals surface area contributed by atoms with Crippen molar-refractivity contribution >= 4 is 23.6 Å². The molecule has 0 saturated carbocycles. The number of amides is 2. The predicted octanol–water partition coefficient (Wildman–Crippen LogP) is 1.18. The zero-order valence-corrected chi connectivity index (χ0v) is 16.8. The number of aromatic nitrogens is 4. The topological polar surface area (TPSA) is 125 Å². The standard InChI is InChI=1S/C20H21N5O5/c1-12-14(13(2)25-20(23-12)21-11-22-25)8-9-18(27)30-10-17(26)24-19(28)15-6-4-5-7-16(15)29-3/h4-7,11H,8-10H2,1-3H3,(H,24,26,28). The van der Waals surface area contributed by atoms with Crippen molar-refractivity contribution in [1.29, 1.82) is 0 Å². The molecule has 2 heterocycles. The number of methoxy groups -OCH3 is 1. The van der Waals surface area contributed by atoms with Gasteiger partial charge in [-0.15, -0.1) is 0 Å². The Morgan fingerprint density at radius 2 is 1.93 bits per heavy atom. The molecule has 0 fully saturated rings. The van der Waals surface area contributed by atoms with Crippen molar-refractivity contribution in [2.24, 2.45) is 0 Å². The number of nitrogens with zero attached hydrogens (tertiary/aromatic N) is 4. The number of imide groups is 1. The molecule has 3 rings (SSSR count). The molecular weight excluding hydrogens is 390 g/mol. The van der Waals surface area contributed by atoms with E-state index in [9.17, 15) is 14.4 Å². The van der Waals surface area contributed by atoms with E-state index in [4.69, 9.17) is 9.47 Å². The van der Waals surface area contributed by atoms with E-state index >= 15 is 0 Å². The Balaban J connectivity index is 1.51. The fourth-order valence-corrected chi connectivity index (χ4v) is 3.02. The number of rotatable bonds is 7. The highest BCUT2D eigenvalue weighted by molar-refractivity contribution is 6.06. The number of nitrogens with one attached hydrogen (secondary N) is 1. The van der Waals surface area contributed by atoms with Crippen molar-refractivity contribution in [2.75, 3.05) is 13.7 Å². The number of ether oxygens (including phenoxy) is 2. The number of para-hydroxylation sites is 1. The number of carbonyl (C=O) groups excluding carboxylic acids is 3. The second-order valence-corrected chi connectivity index (χ2v) is 6.47. The lowest BCUT2D eigenvalue weighted by molar-refractivity contribution is -0.148. The number of carbonyl (C=O) groups is 3. The van der Waals surface area contributed by atoms with Gasteiger partial charge in [-0.2, -0.15) is 10.1 Å². The molecule has 0 atom stereocenters. The maximum absolute atomic E-state index is 12.2. The molecule has 1 aromatic carbocycles. The second kappa shape index (κ2) is 9.12. The first kappa shape index (κ1) is 20.9. The molecule has 1 N–H and O–H groups in total. The van der Waals surface area contributed by atoms with Crippen LogP contribution in [0.3, 0.4) is 0 Å². The molecule has 0 radical (unpaired) electrons. The van der Waals surface area contributed by atoms with Crippen molar-refractivity contribution in [3.05, 3.63) is 53.1 Å². The summed E-state index contributed by atoms with van der Waals surface area (Å²) in [5.41, 5.74) is 2.66. The van der Waals surface area contributed by atoms with Gasteiger partial charge in [-0.3, -0.25) is 19.7 Å². The normalized spacial score (nSPS) is 10.6. The lowest BCUT2D eigenvalue weighted by Crippen LogP contribution is -2.34. The number of aryl methyl sites for hydroxylation is 2. The van der Waals surface area contributed by atoms with Crippen LogP contribution in [0, 0.1) is 13.8 Å². The number of benzene rings is 1. The maximum Gasteiger partial charge on any atom is 0.306 e. The van der Waals surface area contributed by atoms with E-state index in [-0.39, 0.29) is 12.0 Å². The smallest absolute Gasteiger partial charge is 0.306 e. The molecule has 2 amide bonds. The van der Waals surface area contributed by atoms with Crippen LogP contribution in [0.1, 0.15) is 33.7 Å². The first-order valence-corrected chi connectivity index (χ1v) is 9.19. The summed E-state index contributed by atoms with van der Waals surface area (Å²) in [6, 6.07) is 6.49. The van der Waals surface area contributed by atoms with Crippen LogP contribution >= 0.6 is 0 Å². The van der Waals surface area contributed by atoms with E-state index in [0.29, 0.717) is 17.9 Å². The predicted molar refractivity (Wildman–Crippen MR) is 105 cm³/mol. The summed E-state index contributed by atoms with van der Waals surface area (Å²) in [6.45, 7) is 3.14. The zero-order valence-electron chi connectivity index (χ0n) is 16.8. The van der Waals surface area contributed by atoms with Crippen LogP contribution < -0.4 is 10.1 Å². The van der Waals surface area contributed by atoms with Gasteiger partial charge in [0.05, 0.1) is 12.7 Å². The third kappa shape index (κ3) is 4.59. The largest absolute Gasteiger partial charge is 0.496 e. The van der Waals surface area contributed by atoms with Crippen LogP contribution in [0.5, 0.6) is 5.75 Å². The third-order valence-corrected chi connectivity index (χ3v) is 4.54. The average Bonchev–Trinajstić information content (AvgIpc) is 3.20. The maximum atomic E-state index is 12.2. The minimum atomic E-state index is -0.725. The Morgan fingerprint density at radius 3 is 2.70 bits per heavy atom. The van der Waals surface area contributed by atoms with Gasteiger partial charge in [0, 0.05) is 17.8 Å². The molecule has 0 saturated heterocycles. The number of hydrogen-bond donors (Lipinski definition) is 1. The van der Waals surface area contributed by atoms with E-state index in [1.807, 2.05) is 13.8 Å². The molecule has 0 aliphatic heterocycles. The van der Waals surface area contributed by atoms with Gasteiger partial charge >= 0.3 is 5.97 Å².